The SMILES string of the molecule is N#Cc1c(Br)cccc1OCc1ccccc1Cl. The fourth-order valence-corrected chi connectivity index (χ4v) is 2.13. The third kappa shape index (κ3) is 2.84. The average molecular weight is 323 g/mol. The molecular formula is C14H9BrClNO. The molecule has 0 fully saturated rings. The Balaban J connectivity index is 2.19. The highest BCUT2D eigenvalue weighted by molar-refractivity contribution is 9.10. The summed E-state index contributed by atoms with van der Waals surface area (Å²) in [5.74, 6) is 0.548. The van der Waals surface area contributed by atoms with E-state index in [9.17, 15) is 0 Å². The van der Waals surface area contributed by atoms with Crippen molar-refractivity contribution in [3.05, 3.63) is 63.1 Å². The Kier molecular flexibility index (Phi) is 4.24. The summed E-state index contributed by atoms with van der Waals surface area (Å²) in [6.45, 7) is 0.338. The molecule has 2 nitrogen and oxygen atoms in total. The van der Waals surface area contributed by atoms with Gasteiger partial charge in [0.2, 0.25) is 0 Å². The number of benzene rings is 2. The van der Waals surface area contributed by atoms with Gasteiger partial charge in [0.25, 0.3) is 0 Å². The second-order valence-electron chi connectivity index (χ2n) is 3.60. The molecule has 0 aliphatic heterocycles. The van der Waals surface area contributed by atoms with Crippen molar-refractivity contribution in [1.29, 1.82) is 5.26 Å². The molecule has 0 unspecified atom stereocenters. The highest BCUT2D eigenvalue weighted by Gasteiger charge is 2.08. The van der Waals surface area contributed by atoms with Crippen molar-refractivity contribution in [2.45, 2.75) is 6.61 Å². The fraction of sp³-hybridized carbons (Fsp3) is 0.0714. The van der Waals surface area contributed by atoms with Crippen molar-refractivity contribution in [1.82, 2.24) is 0 Å². The highest BCUT2D eigenvalue weighted by atomic mass is 79.9. The van der Waals surface area contributed by atoms with Crippen LogP contribution < -0.4 is 4.74 Å². The number of hydrogen-bond donors (Lipinski definition) is 0. The molecular weight excluding hydrogens is 314 g/mol. The van der Waals surface area contributed by atoms with Gasteiger partial charge in [0.05, 0.1) is 0 Å². The summed E-state index contributed by atoms with van der Waals surface area (Å²) in [5, 5.41) is 9.72. The zero-order valence-electron chi connectivity index (χ0n) is 9.36. The van der Waals surface area contributed by atoms with Gasteiger partial charge < -0.3 is 4.74 Å². The van der Waals surface area contributed by atoms with E-state index < -0.39 is 0 Å². The lowest BCUT2D eigenvalue weighted by molar-refractivity contribution is 0.305. The van der Waals surface area contributed by atoms with E-state index in [-0.39, 0.29) is 0 Å². The Bertz CT molecular complexity index is 607. The molecule has 0 radical (unpaired) electrons. The zero-order chi connectivity index (χ0) is 13.0. The molecule has 0 saturated heterocycles. The Morgan fingerprint density at radius 2 is 1.94 bits per heavy atom. The topological polar surface area (TPSA) is 33.0 Å². The van der Waals surface area contributed by atoms with E-state index in [2.05, 4.69) is 22.0 Å². The smallest absolute Gasteiger partial charge is 0.138 e. The van der Waals surface area contributed by atoms with E-state index in [4.69, 9.17) is 21.6 Å². The molecule has 0 aliphatic rings. The molecule has 0 atom stereocenters. The second-order valence-corrected chi connectivity index (χ2v) is 4.87. The molecule has 0 aromatic heterocycles. The van der Waals surface area contributed by atoms with Gasteiger partial charge in [-0.3, -0.25) is 0 Å². The quantitative estimate of drug-likeness (QED) is 0.830. The van der Waals surface area contributed by atoms with Gasteiger partial charge >= 0.3 is 0 Å². The molecule has 0 N–H and O–H groups in total. The molecule has 0 heterocycles. The molecule has 0 aliphatic carbocycles. The Morgan fingerprint density at radius 1 is 1.17 bits per heavy atom. The van der Waals surface area contributed by atoms with Crippen LogP contribution >= 0.6 is 27.5 Å². The van der Waals surface area contributed by atoms with Crippen molar-refractivity contribution in [3.8, 4) is 11.8 Å². The van der Waals surface area contributed by atoms with Crippen LogP contribution in [0.4, 0.5) is 0 Å². The van der Waals surface area contributed by atoms with Crippen molar-refractivity contribution < 1.29 is 4.74 Å². The van der Waals surface area contributed by atoms with Crippen LogP contribution in [0.2, 0.25) is 5.02 Å². The van der Waals surface area contributed by atoms with Crippen LogP contribution in [0, 0.1) is 11.3 Å². The van der Waals surface area contributed by atoms with Gasteiger partial charge in [-0.25, -0.2) is 0 Å². The van der Waals surface area contributed by atoms with Gasteiger partial charge in [0.15, 0.2) is 0 Å². The van der Waals surface area contributed by atoms with Gasteiger partial charge in [-0.05, 0) is 34.1 Å². The number of hydrogen-bond acceptors (Lipinski definition) is 2. The van der Waals surface area contributed by atoms with E-state index in [1.54, 1.807) is 12.1 Å². The second kappa shape index (κ2) is 5.90. The van der Waals surface area contributed by atoms with Gasteiger partial charge in [-0.2, -0.15) is 5.26 Å². The van der Waals surface area contributed by atoms with E-state index >= 15 is 0 Å². The van der Waals surface area contributed by atoms with Crippen molar-refractivity contribution in [2.75, 3.05) is 0 Å². The summed E-state index contributed by atoms with van der Waals surface area (Å²) in [6.07, 6.45) is 0. The van der Waals surface area contributed by atoms with E-state index in [1.807, 2.05) is 30.3 Å². The molecule has 0 bridgehead atoms. The van der Waals surface area contributed by atoms with Crippen molar-refractivity contribution in [3.63, 3.8) is 0 Å². The summed E-state index contributed by atoms with van der Waals surface area (Å²) < 4.78 is 6.36. The molecule has 0 saturated carbocycles. The monoisotopic (exact) mass is 321 g/mol. The maximum absolute atomic E-state index is 9.06. The van der Waals surface area contributed by atoms with Gasteiger partial charge in [-0.1, -0.05) is 35.9 Å². The first-order chi connectivity index (χ1) is 8.72. The summed E-state index contributed by atoms with van der Waals surface area (Å²) >= 11 is 9.36. The fourth-order valence-electron chi connectivity index (χ4n) is 1.50. The summed E-state index contributed by atoms with van der Waals surface area (Å²) in [7, 11) is 0. The molecule has 2 rings (SSSR count). The van der Waals surface area contributed by atoms with E-state index in [1.165, 1.54) is 0 Å². The lowest BCUT2D eigenvalue weighted by Crippen LogP contribution is -1.98. The Labute approximate surface area is 119 Å². The van der Waals surface area contributed by atoms with Crippen molar-refractivity contribution in [2.24, 2.45) is 0 Å². The summed E-state index contributed by atoms with van der Waals surface area (Å²) in [5.41, 5.74) is 1.38. The molecule has 18 heavy (non-hydrogen) atoms. The normalized spacial score (nSPS) is 9.83. The number of halogens is 2. The maximum Gasteiger partial charge on any atom is 0.138 e. The zero-order valence-corrected chi connectivity index (χ0v) is 11.7. The van der Waals surface area contributed by atoms with Gasteiger partial charge in [0.1, 0.15) is 24.0 Å². The first kappa shape index (κ1) is 12.9. The van der Waals surface area contributed by atoms with Gasteiger partial charge in [-0.15, -0.1) is 0 Å². The minimum absolute atomic E-state index is 0.338. The van der Waals surface area contributed by atoms with Crippen LogP contribution in [0.5, 0.6) is 5.75 Å². The standard InChI is InChI=1S/C14H9BrClNO/c15-12-5-3-7-14(11(12)8-17)18-9-10-4-1-2-6-13(10)16/h1-7H,9H2. The molecule has 2 aromatic rings. The first-order valence-corrected chi connectivity index (χ1v) is 6.44. The van der Waals surface area contributed by atoms with Crippen LogP contribution in [0.25, 0.3) is 0 Å². The molecule has 4 heteroatoms. The van der Waals surface area contributed by atoms with Crippen LogP contribution in [0.15, 0.2) is 46.9 Å². The number of ether oxygens (including phenoxy) is 1. The van der Waals surface area contributed by atoms with Crippen LogP contribution in [0.3, 0.4) is 0 Å². The predicted molar refractivity (Wildman–Crippen MR) is 74.6 cm³/mol. The third-order valence-corrected chi connectivity index (χ3v) is 3.46. The Morgan fingerprint density at radius 3 is 2.67 bits per heavy atom. The predicted octanol–water partition coefficient (Wildman–Crippen LogP) is 4.55. The number of nitriles is 1. The van der Waals surface area contributed by atoms with Crippen LogP contribution in [-0.4, -0.2) is 0 Å². The Hall–Kier alpha value is -1.50. The van der Waals surface area contributed by atoms with Crippen molar-refractivity contribution >= 4 is 27.5 Å². The van der Waals surface area contributed by atoms with E-state index in [0.717, 1.165) is 10.0 Å². The minimum Gasteiger partial charge on any atom is -0.487 e. The lowest BCUT2D eigenvalue weighted by Gasteiger charge is -2.09. The van der Waals surface area contributed by atoms with Crippen LogP contribution in [-0.2, 0) is 6.61 Å². The average Bonchev–Trinajstić information content (AvgIpc) is 2.38. The highest BCUT2D eigenvalue weighted by Crippen LogP contribution is 2.27. The maximum atomic E-state index is 9.06. The molecule has 0 spiro atoms. The number of nitrogens with zero attached hydrogens (tertiary/aromatic N) is 1. The first-order valence-electron chi connectivity index (χ1n) is 5.27. The van der Waals surface area contributed by atoms with E-state index in [0.29, 0.717) is 22.9 Å². The third-order valence-electron chi connectivity index (χ3n) is 2.43. The lowest BCUT2D eigenvalue weighted by atomic mass is 10.2. The molecule has 2 aromatic carbocycles. The largest absolute Gasteiger partial charge is 0.487 e. The minimum atomic E-state index is 0.338. The molecule has 0 amide bonds. The summed E-state index contributed by atoms with van der Waals surface area (Å²) in [6, 6.07) is 15.0. The summed E-state index contributed by atoms with van der Waals surface area (Å²) in [4.78, 5) is 0. The van der Waals surface area contributed by atoms with Crippen LogP contribution in [0.1, 0.15) is 11.1 Å². The van der Waals surface area contributed by atoms with Gasteiger partial charge in [0, 0.05) is 15.1 Å². The number of rotatable bonds is 3. The molecule has 90 valence electrons.